The van der Waals surface area contributed by atoms with Crippen molar-refractivity contribution in [2.45, 2.75) is 25.3 Å². The molecule has 0 radical (unpaired) electrons. The molecule has 130 valence electrons. The van der Waals surface area contributed by atoms with Crippen molar-refractivity contribution in [3.63, 3.8) is 0 Å². The lowest BCUT2D eigenvalue weighted by molar-refractivity contribution is -0.117. The van der Waals surface area contributed by atoms with Gasteiger partial charge in [-0.3, -0.25) is 9.59 Å². The maximum absolute atomic E-state index is 12.2. The van der Waals surface area contributed by atoms with Crippen molar-refractivity contribution in [1.29, 1.82) is 5.26 Å². The third-order valence-electron chi connectivity index (χ3n) is 3.60. The predicted molar refractivity (Wildman–Crippen MR) is 90.9 cm³/mol. The zero-order valence-electron chi connectivity index (χ0n) is 13.9. The number of carbonyl (C=O) groups excluding carboxylic acids is 1. The van der Waals surface area contributed by atoms with Crippen molar-refractivity contribution in [1.82, 2.24) is 9.78 Å². The molecule has 25 heavy (non-hydrogen) atoms. The molecule has 1 aromatic carbocycles. The summed E-state index contributed by atoms with van der Waals surface area (Å²) < 4.78 is 24.4. The molecular weight excluding hydrogens is 344 g/mol. The molecule has 1 N–H and O–H groups in total. The molecule has 0 unspecified atom stereocenters. The number of para-hydroxylation sites is 1. The topological polar surface area (TPSA) is 122 Å². The number of nitrogens with one attached hydrogen (secondary N) is 1. The van der Waals surface area contributed by atoms with E-state index >= 15 is 0 Å². The quantitative estimate of drug-likeness (QED) is 0.859. The number of aromatic nitrogens is 2. The van der Waals surface area contributed by atoms with Crippen LogP contribution in [0, 0.1) is 25.2 Å². The molecule has 1 aromatic heterocycles. The molecule has 0 aliphatic rings. The fourth-order valence-corrected chi connectivity index (χ4v) is 3.07. The lowest BCUT2D eigenvalue weighted by Crippen LogP contribution is -2.32. The van der Waals surface area contributed by atoms with Gasteiger partial charge in [-0.25, -0.2) is 13.1 Å². The Bertz CT molecular complexity index is 1050. The molecule has 0 saturated carbocycles. The van der Waals surface area contributed by atoms with E-state index in [0.29, 0.717) is 11.3 Å². The summed E-state index contributed by atoms with van der Waals surface area (Å²) in [6, 6.07) is 7.76. The summed E-state index contributed by atoms with van der Waals surface area (Å²) >= 11 is 0. The van der Waals surface area contributed by atoms with Crippen molar-refractivity contribution >= 4 is 21.4 Å². The van der Waals surface area contributed by atoms with Gasteiger partial charge in [-0.15, -0.1) is 0 Å². The second kappa shape index (κ2) is 6.86. The van der Waals surface area contributed by atoms with E-state index in [1.807, 2.05) is 6.07 Å². The Morgan fingerprint density at radius 2 is 1.96 bits per heavy atom. The number of carbonyl (C=O) groups is 1. The highest BCUT2D eigenvalue weighted by atomic mass is 32.2. The van der Waals surface area contributed by atoms with Crippen LogP contribution in [0.3, 0.4) is 0 Å². The van der Waals surface area contributed by atoms with Crippen LogP contribution in [0.1, 0.15) is 16.8 Å². The van der Waals surface area contributed by atoms with Gasteiger partial charge in [-0.2, -0.15) is 10.4 Å². The zero-order chi connectivity index (χ0) is 18.8. The maximum Gasteiger partial charge on any atom is 0.285 e. The highest BCUT2D eigenvalue weighted by molar-refractivity contribution is 7.90. The van der Waals surface area contributed by atoms with Crippen molar-refractivity contribution < 1.29 is 13.2 Å². The molecule has 0 spiro atoms. The molecule has 0 aliphatic heterocycles. The average Bonchev–Trinajstić information content (AvgIpc) is 2.52. The summed E-state index contributed by atoms with van der Waals surface area (Å²) in [5, 5.41) is 15.6. The third kappa shape index (κ3) is 3.92. The minimum absolute atomic E-state index is 0.0264. The molecule has 2 aromatic rings. The van der Waals surface area contributed by atoms with Crippen LogP contribution in [0.4, 0.5) is 5.69 Å². The highest BCUT2D eigenvalue weighted by Crippen LogP contribution is 2.20. The number of hydrogen-bond donors (Lipinski definition) is 1. The summed E-state index contributed by atoms with van der Waals surface area (Å²) in [5.74, 6) is -0.627. The van der Waals surface area contributed by atoms with Gasteiger partial charge in [0.05, 0.1) is 16.3 Å². The molecule has 0 bridgehead atoms. The van der Waals surface area contributed by atoms with Crippen LogP contribution in [0.5, 0.6) is 0 Å². The van der Waals surface area contributed by atoms with E-state index in [1.54, 1.807) is 26.0 Å². The van der Waals surface area contributed by atoms with Crippen LogP contribution >= 0.6 is 0 Å². The number of hydrogen-bond acceptors (Lipinski definition) is 6. The summed E-state index contributed by atoms with van der Waals surface area (Å²) in [4.78, 5) is 24.4. The molecular formula is C16H16N4O4S. The SMILES string of the molecule is Cc1nn(CC(=O)Nc2ccccc2S(C)(=O)=O)c(=O)c(C#N)c1C. The summed E-state index contributed by atoms with van der Waals surface area (Å²) in [6.07, 6.45) is 1.03. The van der Waals surface area contributed by atoms with Crippen LogP contribution in [0.2, 0.25) is 0 Å². The molecule has 1 heterocycles. The van der Waals surface area contributed by atoms with Gasteiger partial charge in [-0.05, 0) is 31.5 Å². The molecule has 0 aliphatic carbocycles. The Balaban J connectivity index is 2.34. The standard InChI is InChI=1S/C16H16N4O4S/c1-10-11(2)19-20(16(22)12(10)8-17)9-15(21)18-13-6-4-5-7-14(13)25(3,23)24/h4-7H,9H2,1-3H3,(H,18,21). The molecule has 9 heteroatoms. The average molecular weight is 360 g/mol. The number of benzene rings is 1. The summed E-state index contributed by atoms with van der Waals surface area (Å²) in [5.41, 5.74) is 0.299. The Labute approximate surface area is 144 Å². The first kappa shape index (κ1) is 18.4. The van der Waals surface area contributed by atoms with Crippen LogP contribution < -0.4 is 10.9 Å². The monoisotopic (exact) mass is 360 g/mol. The predicted octanol–water partition coefficient (Wildman–Crippen LogP) is 0.774. The normalized spacial score (nSPS) is 11.0. The van der Waals surface area contributed by atoms with Crippen LogP contribution in [0.25, 0.3) is 0 Å². The van der Waals surface area contributed by atoms with Gasteiger partial charge < -0.3 is 5.32 Å². The van der Waals surface area contributed by atoms with Crippen molar-refractivity contribution in [3.8, 4) is 6.07 Å². The van der Waals surface area contributed by atoms with Gasteiger partial charge in [-0.1, -0.05) is 12.1 Å². The van der Waals surface area contributed by atoms with Gasteiger partial charge in [0.25, 0.3) is 5.56 Å². The maximum atomic E-state index is 12.2. The van der Waals surface area contributed by atoms with Gasteiger partial charge >= 0.3 is 0 Å². The van der Waals surface area contributed by atoms with Gasteiger partial charge in [0.15, 0.2) is 9.84 Å². The lowest BCUT2D eigenvalue weighted by atomic mass is 10.1. The van der Waals surface area contributed by atoms with Crippen molar-refractivity contribution in [2.75, 3.05) is 11.6 Å². The molecule has 1 amide bonds. The van der Waals surface area contributed by atoms with E-state index in [1.165, 1.54) is 12.1 Å². The minimum atomic E-state index is -3.53. The van der Waals surface area contributed by atoms with Gasteiger partial charge in [0.1, 0.15) is 18.2 Å². The van der Waals surface area contributed by atoms with E-state index in [-0.39, 0.29) is 16.1 Å². The first-order valence-corrected chi connectivity index (χ1v) is 9.11. The molecule has 0 fully saturated rings. The fraction of sp³-hybridized carbons (Fsp3) is 0.250. The Morgan fingerprint density at radius 1 is 1.32 bits per heavy atom. The van der Waals surface area contributed by atoms with Crippen molar-refractivity contribution in [2.24, 2.45) is 0 Å². The highest BCUT2D eigenvalue weighted by Gasteiger charge is 2.17. The van der Waals surface area contributed by atoms with Gasteiger partial charge in [0, 0.05) is 6.26 Å². The number of nitrogens with zero attached hydrogens (tertiary/aromatic N) is 3. The number of aryl methyl sites for hydroxylation is 1. The second-order valence-corrected chi connectivity index (χ2v) is 7.46. The summed E-state index contributed by atoms with van der Waals surface area (Å²) in [6.45, 7) is 2.80. The van der Waals surface area contributed by atoms with E-state index in [2.05, 4.69) is 10.4 Å². The number of rotatable bonds is 4. The fourth-order valence-electron chi connectivity index (χ4n) is 2.23. The molecule has 0 saturated heterocycles. The van der Waals surface area contributed by atoms with E-state index in [9.17, 15) is 18.0 Å². The third-order valence-corrected chi connectivity index (χ3v) is 4.76. The van der Waals surface area contributed by atoms with Crippen LogP contribution in [0.15, 0.2) is 34.0 Å². The Hall–Kier alpha value is -2.99. The number of amides is 1. The van der Waals surface area contributed by atoms with E-state index in [4.69, 9.17) is 5.26 Å². The van der Waals surface area contributed by atoms with Crippen LogP contribution in [-0.4, -0.2) is 30.4 Å². The largest absolute Gasteiger partial charge is 0.323 e. The first-order valence-electron chi connectivity index (χ1n) is 7.22. The smallest absolute Gasteiger partial charge is 0.285 e. The molecule has 8 nitrogen and oxygen atoms in total. The minimum Gasteiger partial charge on any atom is -0.323 e. The number of anilines is 1. The first-order chi connectivity index (χ1) is 11.6. The van der Waals surface area contributed by atoms with E-state index < -0.39 is 27.8 Å². The Kier molecular flexibility index (Phi) is 5.04. The lowest BCUT2D eigenvalue weighted by Gasteiger charge is -2.11. The number of nitriles is 1. The van der Waals surface area contributed by atoms with E-state index in [0.717, 1.165) is 10.9 Å². The van der Waals surface area contributed by atoms with Gasteiger partial charge in [0.2, 0.25) is 5.91 Å². The zero-order valence-corrected chi connectivity index (χ0v) is 14.7. The Morgan fingerprint density at radius 3 is 2.56 bits per heavy atom. The van der Waals surface area contributed by atoms with Crippen molar-refractivity contribution in [3.05, 3.63) is 51.4 Å². The second-order valence-electron chi connectivity index (χ2n) is 5.48. The van der Waals surface area contributed by atoms with Crippen LogP contribution in [-0.2, 0) is 21.2 Å². The molecule has 2 rings (SSSR count). The molecule has 0 atom stereocenters. The number of sulfone groups is 1. The summed E-state index contributed by atoms with van der Waals surface area (Å²) in [7, 11) is -3.53.